The van der Waals surface area contributed by atoms with E-state index in [4.69, 9.17) is 11.6 Å². The summed E-state index contributed by atoms with van der Waals surface area (Å²) in [7, 11) is -0.909. The minimum atomic E-state index is -0.909. The molecular weight excluding hydrogens is 126 g/mol. The van der Waals surface area contributed by atoms with Gasteiger partial charge in [-0.15, -0.1) is 0 Å². The summed E-state index contributed by atoms with van der Waals surface area (Å²) in [6, 6.07) is 0. The van der Waals surface area contributed by atoms with E-state index in [1.54, 1.807) is 0 Å². The van der Waals surface area contributed by atoms with E-state index in [1.165, 1.54) is 0 Å². The fourth-order valence-corrected chi connectivity index (χ4v) is 1.14. The van der Waals surface area contributed by atoms with Crippen LogP contribution in [0.4, 0.5) is 0 Å². The molecule has 0 saturated heterocycles. The molecule has 2 heteroatoms. The van der Waals surface area contributed by atoms with E-state index in [0.29, 0.717) is 0 Å². The molecule has 0 aliphatic carbocycles. The molecule has 0 rings (SSSR count). The molecule has 0 heterocycles. The Labute approximate surface area is 50.6 Å². The van der Waals surface area contributed by atoms with E-state index in [-0.39, 0.29) is 0 Å². The van der Waals surface area contributed by atoms with Gasteiger partial charge in [0.15, 0.2) is 0 Å². The van der Waals surface area contributed by atoms with Crippen LogP contribution in [0.5, 0.6) is 0 Å². The molecule has 0 N–H and O–H groups in total. The maximum absolute atomic E-state index is 5.15. The molecule has 0 unspecified atom stereocenters. The average molecular weight is 136 g/mol. The van der Waals surface area contributed by atoms with Crippen molar-refractivity contribution in [3.63, 3.8) is 0 Å². The maximum atomic E-state index is 5.15. The topological polar surface area (TPSA) is 0 Å². The van der Waals surface area contributed by atoms with Crippen LogP contribution in [0, 0.1) is 11.0 Å². The summed E-state index contributed by atoms with van der Waals surface area (Å²) in [5.41, 5.74) is 2.91. The zero-order chi connectivity index (χ0) is 5.91. The second kappa shape index (κ2) is 2.55. The molecule has 0 aromatic rings. The largest absolute Gasteiger partial charge is 0.0909 e. The second-order valence-electron chi connectivity index (χ2n) is 2.22. The van der Waals surface area contributed by atoms with Crippen LogP contribution in [0.15, 0.2) is 0 Å². The fourth-order valence-electron chi connectivity index (χ4n) is 0.127. The van der Waals surface area contributed by atoms with Crippen molar-refractivity contribution in [2.24, 2.45) is 0 Å². The molecule has 0 bridgehead atoms. The highest BCUT2D eigenvalue weighted by molar-refractivity contribution is 7.78. The highest BCUT2D eigenvalue weighted by Crippen LogP contribution is 2.44. The quantitative estimate of drug-likeness (QED) is 0.352. The lowest BCUT2D eigenvalue weighted by atomic mass is 11.4. The third-order valence-electron chi connectivity index (χ3n) is 0.378. The molecule has 7 heavy (non-hydrogen) atoms. The molecule has 0 aliphatic rings. The predicted molar refractivity (Wildman–Crippen MR) is 38.3 cm³/mol. The summed E-state index contributed by atoms with van der Waals surface area (Å²) in [5, 5.41) is 2.38. The van der Waals surface area contributed by atoms with Crippen LogP contribution in [0.2, 0.25) is 0 Å². The molecule has 0 aromatic heterocycles. The molecule has 0 spiro atoms. The molecule has 0 fully saturated rings. The number of halogens is 1. The van der Waals surface area contributed by atoms with Gasteiger partial charge in [-0.2, -0.15) is 0 Å². The fraction of sp³-hybridized carbons (Fsp3) is 0.600. The number of hydrogen-bond acceptors (Lipinski definition) is 0. The molecule has 40 valence electrons. The maximum Gasteiger partial charge on any atom is 0.0909 e. The van der Waals surface area contributed by atoms with Crippen molar-refractivity contribution in [3.05, 3.63) is 0 Å². The van der Waals surface area contributed by atoms with Gasteiger partial charge in [-0.05, 0) is 11.6 Å². The van der Waals surface area contributed by atoms with E-state index in [2.05, 4.69) is 31.0 Å². The second-order valence-corrected chi connectivity index (χ2v) is 6.66. The molecule has 0 saturated carbocycles. The minimum Gasteiger partial charge on any atom is -0.0191 e. The van der Waals surface area contributed by atoms with E-state index < -0.39 is 7.26 Å². The summed E-state index contributed by atoms with van der Waals surface area (Å²) in [6.07, 6.45) is 0. The van der Waals surface area contributed by atoms with Crippen LogP contribution in [-0.4, -0.2) is 20.0 Å². The van der Waals surface area contributed by atoms with Crippen LogP contribution >= 0.6 is 18.9 Å². The van der Waals surface area contributed by atoms with Gasteiger partial charge in [-0.25, -0.2) is 0 Å². The van der Waals surface area contributed by atoms with Gasteiger partial charge in [0.2, 0.25) is 0 Å². The van der Waals surface area contributed by atoms with Gasteiger partial charge in [0.05, 0.1) is 32.9 Å². The van der Waals surface area contributed by atoms with Gasteiger partial charge < -0.3 is 0 Å². The monoisotopic (exact) mass is 135 g/mol. The van der Waals surface area contributed by atoms with Crippen LogP contribution in [0.3, 0.4) is 0 Å². The molecule has 0 aliphatic heterocycles. The Kier molecular flexibility index (Phi) is 2.66. The Morgan fingerprint density at radius 1 is 1.29 bits per heavy atom. The van der Waals surface area contributed by atoms with Gasteiger partial charge in [0.25, 0.3) is 0 Å². The SMILES string of the molecule is C[P+](C)(C)C#CCl. The third-order valence-corrected chi connectivity index (χ3v) is 1.39. The van der Waals surface area contributed by atoms with E-state index in [0.717, 1.165) is 0 Å². The Morgan fingerprint density at radius 3 is 1.71 bits per heavy atom. The molecule has 0 radical (unpaired) electrons. The normalized spacial score (nSPS) is 9.71. The standard InChI is InChI=1S/C5H9ClP/c1-7(2,3)5-4-6/h1-3H3/q+1. The molecule has 0 amide bonds. The average Bonchev–Trinajstić information content (AvgIpc) is 1.30. The van der Waals surface area contributed by atoms with Crippen molar-refractivity contribution in [2.45, 2.75) is 0 Å². The first-order chi connectivity index (χ1) is 3.06. The van der Waals surface area contributed by atoms with E-state index in [1.807, 2.05) is 0 Å². The summed E-state index contributed by atoms with van der Waals surface area (Å²) >= 11 is 5.15. The first-order valence-corrected chi connectivity index (χ1v) is 5.51. The number of hydrogen-bond donors (Lipinski definition) is 0. The van der Waals surface area contributed by atoms with Gasteiger partial charge in [0.1, 0.15) is 0 Å². The van der Waals surface area contributed by atoms with Crippen molar-refractivity contribution >= 4 is 18.9 Å². The summed E-state index contributed by atoms with van der Waals surface area (Å²) in [5.74, 6) is 0. The Balaban J connectivity index is 3.72. The highest BCUT2D eigenvalue weighted by Gasteiger charge is 2.11. The first kappa shape index (κ1) is 7.28. The van der Waals surface area contributed by atoms with Gasteiger partial charge >= 0.3 is 0 Å². The van der Waals surface area contributed by atoms with Crippen LogP contribution in [0.1, 0.15) is 0 Å². The van der Waals surface area contributed by atoms with Crippen LogP contribution in [0.25, 0.3) is 0 Å². The van der Waals surface area contributed by atoms with Crippen LogP contribution < -0.4 is 0 Å². The summed E-state index contributed by atoms with van der Waals surface area (Å²) < 4.78 is 0. The van der Waals surface area contributed by atoms with Crippen molar-refractivity contribution < 1.29 is 0 Å². The lowest BCUT2D eigenvalue weighted by molar-refractivity contribution is 2.05. The Hall–Kier alpha value is 0.280. The Morgan fingerprint density at radius 2 is 1.71 bits per heavy atom. The Bertz CT molecular complexity index is 101. The molecule has 0 aromatic carbocycles. The minimum absolute atomic E-state index is 0.909. The summed E-state index contributed by atoms with van der Waals surface area (Å²) in [4.78, 5) is 0. The molecular formula is C5H9ClP+. The predicted octanol–water partition coefficient (Wildman–Crippen LogP) is 2.05. The number of rotatable bonds is 0. The zero-order valence-electron chi connectivity index (χ0n) is 4.83. The van der Waals surface area contributed by atoms with Crippen molar-refractivity contribution in [1.29, 1.82) is 0 Å². The van der Waals surface area contributed by atoms with Crippen LogP contribution in [-0.2, 0) is 0 Å². The van der Waals surface area contributed by atoms with Crippen molar-refractivity contribution in [1.82, 2.24) is 0 Å². The zero-order valence-corrected chi connectivity index (χ0v) is 6.48. The molecule has 0 nitrogen and oxygen atoms in total. The van der Waals surface area contributed by atoms with Gasteiger partial charge in [-0.1, -0.05) is 0 Å². The van der Waals surface area contributed by atoms with Crippen molar-refractivity contribution in [2.75, 3.05) is 20.0 Å². The van der Waals surface area contributed by atoms with Crippen molar-refractivity contribution in [3.8, 4) is 11.0 Å². The molecule has 0 atom stereocenters. The van der Waals surface area contributed by atoms with Gasteiger partial charge in [0, 0.05) is 5.38 Å². The first-order valence-electron chi connectivity index (χ1n) is 2.00. The summed E-state index contributed by atoms with van der Waals surface area (Å²) in [6.45, 7) is 6.38. The van der Waals surface area contributed by atoms with Gasteiger partial charge in [-0.3, -0.25) is 0 Å². The highest BCUT2D eigenvalue weighted by atomic mass is 35.5. The lowest BCUT2D eigenvalue weighted by Crippen LogP contribution is -1.75. The van der Waals surface area contributed by atoms with E-state index in [9.17, 15) is 0 Å². The lowest BCUT2D eigenvalue weighted by Gasteiger charge is -1.95. The smallest absolute Gasteiger partial charge is 0.0191 e. The van der Waals surface area contributed by atoms with E-state index >= 15 is 0 Å². The third kappa shape index (κ3) is 6.28.